The summed E-state index contributed by atoms with van der Waals surface area (Å²) >= 11 is 0.287. The number of thiazole rings is 1. The minimum Gasteiger partial charge on any atom is -0.435 e. The smallest absolute Gasteiger partial charge is 0.435 e. The van der Waals surface area contributed by atoms with Crippen LogP contribution in [0.2, 0.25) is 0 Å². The van der Waals surface area contributed by atoms with Gasteiger partial charge in [-0.05, 0) is 17.7 Å². The van der Waals surface area contributed by atoms with Gasteiger partial charge in [0.2, 0.25) is 0 Å². The van der Waals surface area contributed by atoms with Crippen molar-refractivity contribution in [2.45, 2.75) is 18.9 Å². The van der Waals surface area contributed by atoms with Crippen LogP contribution in [-0.4, -0.2) is 16.7 Å². The number of benzene rings is 1. The van der Waals surface area contributed by atoms with Crippen LogP contribution in [0.1, 0.15) is 21.6 Å². The maximum Gasteiger partial charge on any atom is 0.443 e. The third-order valence-corrected chi connectivity index (χ3v) is 3.53. The molecule has 0 fully saturated rings. The Morgan fingerprint density at radius 3 is 2.52 bits per heavy atom. The number of ether oxygens (including phenoxy) is 1. The number of nitrogens with zero attached hydrogens (tertiary/aromatic N) is 1. The summed E-state index contributed by atoms with van der Waals surface area (Å²) in [6, 6.07) is 5.11. The van der Waals surface area contributed by atoms with E-state index in [-0.39, 0.29) is 27.5 Å². The Hall–Kier alpha value is -1.74. The third kappa shape index (κ3) is 3.88. The largest absolute Gasteiger partial charge is 0.443 e. The van der Waals surface area contributed by atoms with E-state index >= 15 is 0 Å². The molecule has 0 radical (unpaired) electrons. The summed E-state index contributed by atoms with van der Waals surface area (Å²) in [5, 5.41) is 8.90. The number of aromatic nitrogens is 1. The molecular weight excluding hydrogens is 317 g/mol. The summed E-state index contributed by atoms with van der Waals surface area (Å²) in [5.41, 5.74) is 0.130. The minimum absolute atomic E-state index is 0.0449. The van der Waals surface area contributed by atoms with Gasteiger partial charge in [-0.15, -0.1) is 11.3 Å². The van der Waals surface area contributed by atoms with Crippen molar-refractivity contribution in [2.75, 3.05) is 0 Å². The Labute approximate surface area is 119 Å². The van der Waals surface area contributed by atoms with Gasteiger partial charge in [0.15, 0.2) is 5.01 Å². The third-order valence-electron chi connectivity index (χ3n) is 2.43. The van der Waals surface area contributed by atoms with E-state index in [1.165, 1.54) is 18.2 Å². The molecule has 0 saturated heterocycles. The van der Waals surface area contributed by atoms with Gasteiger partial charge < -0.3 is 9.84 Å². The second kappa shape index (κ2) is 5.94. The molecule has 1 N–H and O–H groups in total. The van der Waals surface area contributed by atoms with Gasteiger partial charge in [0, 0.05) is 6.20 Å². The lowest BCUT2D eigenvalue weighted by atomic mass is 10.1. The highest BCUT2D eigenvalue weighted by Gasteiger charge is 2.35. The summed E-state index contributed by atoms with van der Waals surface area (Å²) in [6.45, 7) is -3.03. The molecule has 1 atom stereocenters. The number of aliphatic hydroxyl groups is 1. The van der Waals surface area contributed by atoms with E-state index in [1.54, 1.807) is 0 Å². The lowest BCUT2D eigenvalue weighted by Crippen LogP contribution is -2.04. The van der Waals surface area contributed by atoms with E-state index in [9.17, 15) is 27.1 Å². The van der Waals surface area contributed by atoms with Gasteiger partial charge in [-0.1, -0.05) is 12.1 Å². The molecule has 1 heterocycles. The van der Waals surface area contributed by atoms with Crippen molar-refractivity contribution in [2.24, 2.45) is 0 Å². The Morgan fingerprint density at radius 2 is 1.95 bits per heavy atom. The van der Waals surface area contributed by atoms with E-state index in [4.69, 9.17) is 0 Å². The number of hydrogen-bond donors (Lipinski definition) is 1. The second-order valence-electron chi connectivity index (χ2n) is 3.92. The number of aliphatic hydroxyl groups excluding tert-OH is 1. The molecule has 3 nitrogen and oxygen atoms in total. The van der Waals surface area contributed by atoms with Crippen LogP contribution in [0, 0.1) is 0 Å². The summed E-state index contributed by atoms with van der Waals surface area (Å²) in [7, 11) is 0. The Bertz CT molecular complexity index is 614. The van der Waals surface area contributed by atoms with Crippen molar-refractivity contribution in [3.8, 4) is 5.75 Å². The zero-order valence-electron chi connectivity index (χ0n) is 10.1. The molecule has 1 aromatic heterocycles. The number of rotatable bonds is 4. The second-order valence-corrected chi connectivity index (χ2v) is 4.98. The molecule has 9 heteroatoms. The first kappa shape index (κ1) is 15.6. The van der Waals surface area contributed by atoms with Gasteiger partial charge in [0.05, 0.1) is 4.88 Å². The molecule has 0 aliphatic rings. The summed E-state index contributed by atoms with van der Waals surface area (Å²) in [4.78, 5) is 3.14. The Kier molecular flexibility index (Phi) is 4.43. The maximum atomic E-state index is 12.4. The quantitative estimate of drug-likeness (QED) is 0.869. The average Bonchev–Trinajstić information content (AvgIpc) is 2.86. The van der Waals surface area contributed by atoms with E-state index in [0.29, 0.717) is 0 Å². The van der Waals surface area contributed by atoms with E-state index in [2.05, 4.69) is 9.72 Å². The van der Waals surface area contributed by atoms with Crippen LogP contribution in [-0.2, 0) is 6.18 Å². The molecule has 0 amide bonds. The van der Waals surface area contributed by atoms with Crippen molar-refractivity contribution in [1.82, 2.24) is 4.98 Å². The zero-order chi connectivity index (χ0) is 15.6. The molecule has 0 saturated carbocycles. The topological polar surface area (TPSA) is 42.4 Å². The van der Waals surface area contributed by atoms with Crippen LogP contribution in [0.3, 0.4) is 0 Å². The highest BCUT2D eigenvalue weighted by atomic mass is 32.1. The summed E-state index contributed by atoms with van der Waals surface area (Å²) < 4.78 is 65.7. The molecule has 1 aromatic carbocycles. The summed E-state index contributed by atoms with van der Waals surface area (Å²) in [6.07, 6.45) is -5.10. The standard InChI is InChI=1S/C12H8F5NO2S/c13-11(14)20-7-3-1-2-6(4-7)9(19)8-5-18-10(21-8)12(15,16)17/h1-5,9,11,19H. The molecule has 0 aliphatic heterocycles. The van der Waals surface area contributed by atoms with Crippen LogP contribution in [0.5, 0.6) is 5.75 Å². The van der Waals surface area contributed by atoms with Crippen molar-refractivity contribution in [3.05, 3.63) is 45.9 Å². The predicted octanol–water partition coefficient (Wildman–Crippen LogP) is 3.85. The van der Waals surface area contributed by atoms with Gasteiger partial charge >= 0.3 is 12.8 Å². The number of halogens is 5. The predicted molar refractivity (Wildman–Crippen MR) is 64.3 cm³/mol. The van der Waals surface area contributed by atoms with Gasteiger partial charge in [-0.2, -0.15) is 22.0 Å². The Balaban J connectivity index is 2.23. The van der Waals surface area contributed by atoms with Gasteiger partial charge in [0.25, 0.3) is 0 Å². The van der Waals surface area contributed by atoms with E-state index in [0.717, 1.165) is 12.3 Å². The average molecular weight is 325 g/mol. The van der Waals surface area contributed by atoms with E-state index in [1.807, 2.05) is 0 Å². The van der Waals surface area contributed by atoms with Crippen molar-refractivity contribution < 1.29 is 31.8 Å². The van der Waals surface area contributed by atoms with Crippen LogP contribution in [0.25, 0.3) is 0 Å². The molecule has 1 unspecified atom stereocenters. The first-order chi connectivity index (χ1) is 9.77. The lowest BCUT2D eigenvalue weighted by Gasteiger charge is -2.11. The maximum absolute atomic E-state index is 12.4. The van der Waals surface area contributed by atoms with Crippen LogP contribution < -0.4 is 4.74 Å². The molecule has 2 aromatic rings. The monoisotopic (exact) mass is 325 g/mol. The van der Waals surface area contributed by atoms with Crippen LogP contribution >= 0.6 is 11.3 Å². The molecule has 114 valence electrons. The van der Waals surface area contributed by atoms with Crippen molar-refractivity contribution in [3.63, 3.8) is 0 Å². The van der Waals surface area contributed by atoms with Gasteiger partial charge in [-0.25, -0.2) is 4.98 Å². The first-order valence-electron chi connectivity index (χ1n) is 5.53. The van der Waals surface area contributed by atoms with Crippen LogP contribution in [0.15, 0.2) is 30.5 Å². The molecule has 0 bridgehead atoms. The molecule has 0 spiro atoms. The van der Waals surface area contributed by atoms with Crippen molar-refractivity contribution in [1.29, 1.82) is 0 Å². The number of alkyl halides is 5. The SMILES string of the molecule is OC(c1cccc(OC(F)F)c1)c1cnc(C(F)(F)F)s1. The highest BCUT2D eigenvalue weighted by Crippen LogP contribution is 2.36. The molecule has 2 rings (SSSR count). The normalized spacial score (nSPS) is 13.5. The van der Waals surface area contributed by atoms with Crippen molar-refractivity contribution >= 4 is 11.3 Å². The fourth-order valence-electron chi connectivity index (χ4n) is 1.57. The molecule has 0 aliphatic carbocycles. The highest BCUT2D eigenvalue weighted by molar-refractivity contribution is 7.11. The Morgan fingerprint density at radius 1 is 1.24 bits per heavy atom. The fourth-order valence-corrected chi connectivity index (χ4v) is 2.37. The fraction of sp³-hybridized carbons (Fsp3) is 0.250. The number of hydrogen-bond acceptors (Lipinski definition) is 4. The van der Waals surface area contributed by atoms with Crippen LogP contribution in [0.4, 0.5) is 22.0 Å². The van der Waals surface area contributed by atoms with Gasteiger partial charge in [-0.3, -0.25) is 0 Å². The first-order valence-corrected chi connectivity index (χ1v) is 6.35. The van der Waals surface area contributed by atoms with Gasteiger partial charge in [0.1, 0.15) is 11.9 Å². The summed E-state index contributed by atoms with van der Waals surface area (Å²) in [5.74, 6) is -0.192. The lowest BCUT2D eigenvalue weighted by molar-refractivity contribution is -0.137. The minimum atomic E-state index is -4.59. The molecule has 21 heavy (non-hydrogen) atoms. The zero-order valence-corrected chi connectivity index (χ0v) is 11.0. The van der Waals surface area contributed by atoms with E-state index < -0.39 is 23.9 Å². The molecular formula is C12H8F5NO2S.